The third kappa shape index (κ3) is 6.04. The summed E-state index contributed by atoms with van der Waals surface area (Å²) in [5.74, 6) is -0.159. The molecule has 0 saturated carbocycles. The summed E-state index contributed by atoms with van der Waals surface area (Å²) in [6, 6.07) is 26.4. The predicted molar refractivity (Wildman–Crippen MR) is 149 cm³/mol. The van der Waals surface area contributed by atoms with Crippen LogP contribution >= 0.6 is 0 Å². The number of nitro groups is 1. The van der Waals surface area contributed by atoms with Crippen molar-refractivity contribution in [3.63, 3.8) is 0 Å². The zero-order valence-electron chi connectivity index (χ0n) is 21.0. The quantitative estimate of drug-likeness (QED) is 0.196. The van der Waals surface area contributed by atoms with E-state index in [-0.39, 0.29) is 23.1 Å². The molecule has 196 valence electrons. The number of hydrogen-bond acceptors (Lipinski definition) is 6. The Morgan fingerprint density at radius 2 is 1.54 bits per heavy atom. The van der Waals surface area contributed by atoms with E-state index in [1.54, 1.807) is 42.5 Å². The summed E-state index contributed by atoms with van der Waals surface area (Å²) in [5.41, 5.74) is 2.79. The van der Waals surface area contributed by atoms with Crippen molar-refractivity contribution in [3.8, 4) is 11.3 Å². The molecule has 9 nitrogen and oxygen atoms in total. The standard InChI is InChI=1S/C30H26N4O5/c35-29(17-10-22-6-2-1-3-7-22)33-20-18-32(19-21-33)24-13-11-23(12-14-24)31-30(36)28-16-15-27(39-28)25-8-4-5-9-26(25)34(37)38/h1-17H,18-21H2,(H,31,36)/b17-10+. The summed E-state index contributed by atoms with van der Waals surface area (Å²) >= 11 is 0. The van der Waals surface area contributed by atoms with Gasteiger partial charge in [-0.05, 0) is 54.1 Å². The lowest BCUT2D eigenvalue weighted by Crippen LogP contribution is -2.48. The molecule has 3 aromatic carbocycles. The van der Waals surface area contributed by atoms with Gasteiger partial charge in [-0.25, -0.2) is 0 Å². The summed E-state index contributed by atoms with van der Waals surface area (Å²) in [7, 11) is 0. The zero-order chi connectivity index (χ0) is 27.2. The van der Waals surface area contributed by atoms with Crippen molar-refractivity contribution in [2.45, 2.75) is 0 Å². The maximum absolute atomic E-state index is 12.7. The minimum absolute atomic E-state index is 0.000448. The Bertz CT molecular complexity index is 1500. The van der Waals surface area contributed by atoms with Gasteiger partial charge in [-0.15, -0.1) is 0 Å². The molecule has 1 fully saturated rings. The molecule has 1 saturated heterocycles. The van der Waals surface area contributed by atoms with Crippen LogP contribution in [0.5, 0.6) is 0 Å². The summed E-state index contributed by atoms with van der Waals surface area (Å²) in [6.07, 6.45) is 3.45. The molecule has 9 heteroatoms. The van der Waals surface area contributed by atoms with Gasteiger partial charge in [0.2, 0.25) is 5.91 Å². The van der Waals surface area contributed by atoms with Gasteiger partial charge in [0.25, 0.3) is 11.6 Å². The number of furan rings is 1. The van der Waals surface area contributed by atoms with Crippen LogP contribution in [0.25, 0.3) is 17.4 Å². The normalized spacial score (nSPS) is 13.4. The molecular formula is C30H26N4O5. The number of carbonyl (C=O) groups is 2. The Balaban J connectivity index is 1.15. The van der Waals surface area contributed by atoms with E-state index in [2.05, 4.69) is 10.2 Å². The second-order valence-electron chi connectivity index (χ2n) is 9.00. The molecule has 1 aromatic heterocycles. The lowest BCUT2D eigenvalue weighted by molar-refractivity contribution is -0.384. The number of benzene rings is 3. The highest BCUT2D eigenvalue weighted by Crippen LogP contribution is 2.31. The van der Waals surface area contributed by atoms with Gasteiger partial charge < -0.3 is 19.5 Å². The van der Waals surface area contributed by atoms with E-state index in [9.17, 15) is 19.7 Å². The van der Waals surface area contributed by atoms with Gasteiger partial charge >= 0.3 is 0 Å². The molecule has 1 aliphatic rings. The molecule has 0 atom stereocenters. The van der Waals surface area contributed by atoms with Gasteiger partial charge in [0.1, 0.15) is 5.76 Å². The third-order valence-corrected chi connectivity index (χ3v) is 6.50. The Labute approximate surface area is 225 Å². The average Bonchev–Trinajstić information content (AvgIpc) is 3.48. The van der Waals surface area contributed by atoms with Crippen molar-refractivity contribution in [2.75, 3.05) is 36.4 Å². The number of hydrogen-bond donors (Lipinski definition) is 1. The van der Waals surface area contributed by atoms with E-state index in [4.69, 9.17) is 4.42 Å². The fourth-order valence-corrected chi connectivity index (χ4v) is 4.42. The van der Waals surface area contributed by atoms with Gasteiger partial charge in [0, 0.05) is 49.7 Å². The van der Waals surface area contributed by atoms with Crippen molar-refractivity contribution in [1.29, 1.82) is 0 Å². The van der Waals surface area contributed by atoms with Crippen LogP contribution in [0.1, 0.15) is 16.1 Å². The number of nitrogens with zero attached hydrogens (tertiary/aromatic N) is 3. The van der Waals surface area contributed by atoms with Crippen LogP contribution in [0.4, 0.5) is 17.1 Å². The van der Waals surface area contributed by atoms with Gasteiger partial charge in [-0.2, -0.15) is 0 Å². The maximum Gasteiger partial charge on any atom is 0.291 e. The number of piperazine rings is 1. The van der Waals surface area contributed by atoms with Gasteiger partial charge in [-0.3, -0.25) is 19.7 Å². The molecule has 0 spiro atoms. The van der Waals surface area contributed by atoms with Crippen LogP contribution in [-0.4, -0.2) is 47.8 Å². The Kier molecular flexibility index (Phi) is 7.49. The smallest absolute Gasteiger partial charge is 0.291 e. The lowest BCUT2D eigenvalue weighted by atomic mass is 10.1. The Morgan fingerprint density at radius 1 is 0.846 bits per heavy atom. The van der Waals surface area contributed by atoms with Crippen molar-refractivity contribution in [3.05, 3.63) is 119 Å². The molecule has 39 heavy (non-hydrogen) atoms. The molecule has 5 rings (SSSR count). The van der Waals surface area contributed by atoms with Crippen molar-refractivity contribution in [1.82, 2.24) is 4.90 Å². The number of carbonyl (C=O) groups excluding carboxylic acids is 2. The highest BCUT2D eigenvalue weighted by molar-refractivity contribution is 6.02. The third-order valence-electron chi connectivity index (χ3n) is 6.50. The van der Waals surface area contributed by atoms with Gasteiger partial charge in [0.15, 0.2) is 5.76 Å². The SMILES string of the molecule is O=C(Nc1ccc(N2CCN(C(=O)/C=C/c3ccccc3)CC2)cc1)c1ccc(-c2ccccc2[N+](=O)[O-])o1. The second kappa shape index (κ2) is 11.5. The largest absolute Gasteiger partial charge is 0.451 e. The molecule has 0 radical (unpaired) electrons. The fourth-order valence-electron chi connectivity index (χ4n) is 4.42. The summed E-state index contributed by atoms with van der Waals surface area (Å²) in [4.78, 5) is 40.1. The van der Waals surface area contributed by atoms with E-state index in [1.807, 2.05) is 53.4 Å². The first-order valence-electron chi connectivity index (χ1n) is 12.5. The first-order valence-corrected chi connectivity index (χ1v) is 12.5. The number of nitrogens with one attached hydrogen (secondary N) is 1. The highest BCUT2D eigenvalue weighted by Gasteiger charge is 2.21. The molecular weight excluding hydrogens is 496 g/mol. The minimum atomic E-state index is -0.486. The molecule has 0 unspecified atom stereocenters. The Morgan fingerprint density at radius 3 is 2.26 bits per heavy atom. The number of nitro benzene ring substituents is 1. The second-order valence-corrected chi connectivity index (χ2v) is 9.00. The molecule has 0 aliphatic carbocycles. The Hall–Kier alpha value is -5.18. The highest BCUT2D eigenvalue weighted by atomic mass is 16.6. The van der Waals surface area contributed by atoms with E-state index in [1.165, 1.54) is 12.1 Å². The van der Waals surface area contributed by atoms with Crippen LogP contribution in [0.15, 0.2) is 101 Å². The summed E-state index contributed by atoms with van der Waals surface area (Å²) in [6.45, 7) is 2.66. The van der Waals surface area contributed by atoms with E-state index in [0.29, 0.717) is 37.4 Å². The van der Waals surface area contributed by atoms with Crippen molar-refractivity contribution < 1.29 is 18.9 Å². The molecule has 1 aliphatic heterocycles. The van der Waals surface area contributed by atoms with E-state index < -0.39 is 10.8 Å². The van der Waals surface area contributed by atoms with Crippen molar-refractivity contribution in [2.24, 2.45) is 0 Å². The van der Waals surface area contributed by atoms with Gasteiger partial charge in [0.05, 0.1) is 10.5 Å². The molecule has 1 N–H and O–H groups in total. The zero-order valence-corrected chi connectivity index (χ0v) is 21.0. The van der Waals surface area contributed by atoms with Crippen LogP contribution in [0.2, 0.25) is 0 Å². The molecule has 2 heterocycles. The van der Waals surface area contributed by atoms with Crippen LogP contribution in [0.3, 0.4) is 0 Å². The molecule has 0 bridgehead atoms. The summed E-state index contributed by atoms with van der Waals surface area (Å²) in [5, 5.41) is 14.1. The van der Waals surface area contributed by atoms with Crippen LogP contribution < -0.4 is 10.2 Å². The topological polar surface area (TPSA) is 109 Å². The number of para-hydroxylation sites is 1. The number of rotatable bonds is 7. The summed E-state index contributed by atoms with van der Waals surface area (Å²) < 4.78 is 5.62. The predicted octanol–water partition coefficient (Wildman–Crippen LogP) is 5.47. The number of amides is 2. The van der Waals surface area contributed by atoms with Crippen molar-refractivity contribution >= 4 is 35.0 Å². The molecule has 2 amide bonds. The van der Waals surface area contributed by atoms with E-state index in [0.717, 1.165) is 11.3 Å². The fraction of sp³-hybridized carbons (Fsp3) is 0.133. The minimum Gasteiger partial charge on any atom is -0.451 e. The first-order chi connectivity index (χ1) is 19.0. The van der Waals surface area contributed by atoms with E-state index >= 15 is 0 Å². The lowest BCUT2D eigenvalue weighted by Gasteiger charge is -2.35. The first kappa shape index (κ1) is 25.5. The monoisotopic (exact) mass is 522 g/mol. The van der Waals surface area contributed by atoms with Crippen LogP contribution in [-0.2, 0) is 4.79 Å². The van der Waals surface area contributed by atoms with Gasteiger partial charge in [-0.1, -0.05) is 42.5 Å². The maximum atomic E-state index is 12.7. The average molecular weight is 523 g/mol. The number of anilines is 2. The molecule has 4 aromatic rings. The van der Waals surface area contributed by atoms with Crippen LogP contribution in [0, 0.1) is 10.1 Å².